The zero-order valence-corrected chi connectivity index (χ0v) is 11.2. The molecule has 0 heterocycles. The zero-order valence-electron chi connectivity index (χ0n) is 9.62. The molecule has 0 amide bonds. The van der Waals surface area contributed by atoms with Crippen LogP contribution in [0, 0.1) is 5.41 Å². The topological polar surface area (TPSA) is 40.5 Å². The quantitative estimate of drug-likeness (QED) is 0.844. The van der Waals surface area contributed by atoms with Gasteiger partial charge in [-0.05, 0) is 30.5 Å². The van der Waals surface area contributed by atoms with E-state index in [4.69, 9.17) is 0 Å². The molecule has 0 spiro atoms. The number of hydrogen-bond donors (Lipinski definition) is 2. The summed E-state index contributed by atoms with van der Waals surface area (Å²) in [5, 5.41) is 18.9. The van der Waals surface area contributed by atoms with Gasteiger partial charge in [0.15, 0.2) is 0 Å². The maximum absolute atomic E-state index is 9.47. The van der Waals surface area contributed by atoms with Crippen LogP contribution in [0.5, 0.6) is 0 Å². The van der Waals surface area contributed by atoms with Crippen LogP contribution >= 0.6 is 15.9 Å². The second kappa shape index (κ2) is 6.38. The van der Waals surface area contributed by atoms with Crippen molar-refractivity contribution in [1.29, 1.82) is 0 Å². The monoisotopic (exact) mass is 286 g/mol. The zero-order chi connectivity index (χ0) is 12.0. The minimum absolute atomic E-state index is 0.0316. The van der Waals surface area contributed by atoms with Crippen LogP contribution in [0.2, 0.25) is 0 Å². The van der Waals surface area contributed by atoms with Crippen LogP contribution in [0.1, 0.15) is 25.3 Å². The molecule has 1 aromatic carbocycles. The van der Waals surface area contributed by atoms with Crippen LogP contribution in [0.25, 0.3) is 0 Å². The van der Waals surface area contributed by atoms with Crippen molar-refractivity contribution in [3.8, 4) is 0 Å². The molecule has 0 fully saturated rings. The second-order valence-corrected chi connectivity index (χ2v) is 5.29. The molecule has 2 N–H and O–H groups in total. The van der Waals surface area contributed by atoms with Crippen LogP contribution in [0.3, 0.4) is 0 Å². The van der Waals surface area contributed by atoms with Gasteiger partial charge in [-0.3, -0.25) is 0 Å². The van der Waals surface area contributed by atoms with E-state index < -0.39 is 0 Å². The van der Waals surface area contributed by atoms with Gasteiger partial charge in [0.25, 0.3) is 0 Å². The van der Waals surface area contributed by atoms with E-state index in [1.807, 2.05) is 24.3 Å². The first kappa shape index (κ1) is 13.7. The number of aliphatic hydroxyl groups is 2. The molecule has 0 bridgehead atoms. The highest BCUT2D eigenvalue weighted by Crippen LogP contribution is 2.28. The standard InChI is InChI=1S/C13H19BrO2/c1-2-6-13(9-15,10-16)8-11-4-3-5-12(14)7-11/h3-5,7,15-16H,2,6,8-10H2,1H3. The Kier molecular flexibility index (Phi) is 5.46. The molecular formula is C13H19BrO2. The first-order chi connectivity index (χ1) is 7.65. The van der Waals surface area contributed by atoms with Crippen molar-refractivity contribution in [2.45, 2.75) is 26.2 Å². The van der Waals surface area contributed by atoms with E-state index in [-0.39, 0.29) is 18.6 Å². The van der Waals surface area contributed by atoms with Gasteiger partial charge in [0, 0.05) is 9.89 Å². The average molecular weight is 287 g/mol. The molecule has 0 aromatic heterocycles. The molecule has 90 valence electrons. The van der Waals surface area contributed by atoms with Gasteiger partial charge in [0.1, 0.15) is 0 Å². The lowest BCUT2D eigenvalue weighted by atomic mass is 9.79. The molecule has 0 unspecified atom stereocenters. The Labute approximate surface area is 105 Å². The van der Waals surface area contributed by atoms with Gasteiger partial charge >= 0.3 is 0 Å². The molecule has 1 rings (SSSR count). The van der Waals surface area contributed by atoms with Gasteiger partial charge in [-0.25, -0.2) is 0 Å². The van der Waals surface area contributed by atoms with E-state index in [9.17, 15) is 10.2 Å². The largest absolute Gasteiger partial charge is 0.396 e. The molecule has 0 saturated heterocycles. The summed E-state index contributed by atoms with van der Waals surface area (Å²) in [7, 11) is 0. The predicted molar refractivity (Wildman–Crippen MR) is 69.4 cm³/mol. The minimum atomic E-state index is -0.379. The van der Waals surface area contributed by atoms with Gasteiger partial charge in [-0.15, -0.1) is 0 Å². The number of aliphatic hydroxyl groups excluding tert-OH is 2. The maximum atomic E-state index is 9.47. The van der Waals surface area contributed by atoms with Crippen molar-refractivity contribution >= 4 is 15.9 Å². The number of rotatable bonds is 6. The summed E-state index contributed by atoms with van der Waals surface area (Å²) in [4.78, 5) is 0. The first-order valence-electron chi connectivity index (χ1n) is 5.62. The van der Waals surface area contributed by atoms with E-state index in [1.165, 1.54) is 0 Å². The molecule has 2 nitrogen and oxygen atoms in total. The van der Waals surface area contributed by atoms with E-state index >= 15 is 0 Å². The Morgan fingerprint density at radius 1 is 1.25 bits per heavy atom. The van der Waals surface area contributed by atoms with Crippen molar-refractivity contribution < 1.29 is 10.2 Å². The lowest BCUT2D eigenvalue weighted by molar-refractivity contribution is 0.0466. The molecule has 1 aromatic rings. The molecular weight excluding hydrogens is 268 g/mol. The van der Waals surface area contributed by atoms with Gasteiger partial charge < -0.3 is 10.2 Å². The van der Waals surface area contributed by atoms with Crippen molar-refractivity contribution in [2.75, 3.05) is 13.2 Å². The lowest BCUT2D eigenvalue weighted by Gasteiger charge is -2.29. The molecule has 0 saturated carbocycles. The van der Waals surface area contributed by atoms with Crippen LogP contribution in [-0.2, 0) is 6.42 Å². The smallest absolute Gasteiger partial charge is 0.0512 e. The normalized spacial score (nSPS) is 11.8. The van der Waals surface area contributed by atoms with E-state index in [0.29, 0.717) is 6.42 Å². The third kappa shape index (κ3) is 3.58. The minimum Gasteiger partial charge on any atom is -0.396 e. The van der Waals surface area contributed by atoms with Crippen molar-refractivity contribution in [3.05, 3.63) is 34.3 Å². The van der Waals surface area contributed by atoms with E-state index in [1.54, 1.807) is 0 Å². The van der Waals surface area contributed by atoms with Gasteiger partial charge in [-0.1, -0.05) is 41.4 Å². The lowest BCUT2D eigenvalue weighted by Crippen LogP contribution is -2.32. The second-order valence-electron chi connectivity index (χ2n) is 4.37. The fourth-order valence-corrected chi connectivity index (χ4v) is 2.47. The molecule has 0 aliphatic rings. The number of hydrogen-bond acceptors (Lipinski definition) is 2. The molecule has 3 heteroatoms. The Bertz CT molecular complexity index is 321. The highest BCUT2D eigenvalue weighted by atomic mass is 79.9. The predicted octanol–water partition coefficient (Wildman–Crippen LogP) is 2.76. The summed E-state index contributed by atoms with van der Waals surface area (Å²) in [6.45, 7) is 2.13. The summed E-state index contributed by atoms with van der Waals surface area (Å²) in [6.07, 6.45) is 2.52. The van der Waals surface area contributed by atoms with Crippen LogP contribution < -0.4 is 0 Å². The van der Waals surface area contributed by atoms with Crippen molar-refractivity contribution in [3.63, 3.8) is 0 Å². The highest BCUT2D eigenvalue weighted by molar-refractivity contribution is 9.10. The Hall–Kier alpha value is -0.380. The van der Waals surface area contributed by atoms with Crippen LogP contribution in [0.4, 0.5) is 0 Å². The summed E-state index contributed by atoms with van der Waals surface area (Å²) < 4.78 is 1.03. The summed E-state index contributed by atoms with van der Waals surface area (Å²) in [5.41, 5.74) is 0.765. The van der Waals surface area contributed by atoms with Crippen LogP contribution in [0.15, 0.2) is 28.7 Å². The highest BCUT2D eigenvalue weighted by Gasteiger charge is 2.28. The summed E-state index contributed by atoms with van der Waals surface area (Å²) in [6, 6.07) is 8.02. The fourth-order valence-electron chi connectivity index (χ4n) is 2.02. The molecule has 16 heavy (non-hydrogen) atoms. The summed E-state index contributed by atoms with van der Waals surface area (Å²) in [5.74, 6) is 0. The third-order valence-electron chi connectivity index (χ3n) is 2.92. The summed E-state index contributed by atoms with van der Waals surface area (Å²) >= 11 is 3.43. The molecule has 0 radical (unpaired) electrons. The number of halogens is 1. The van der Waals surface area contributed by atoms with E-state index in [0.717, 1.165) is 22.9 Å². The SMILES string of the molecule is CCCC(CO)(CO)Cc1cccc(Br)c1. The van der Waals surface area contributed by atoms with Crippen molar-refractivity contribution in [2.24, 2.45) is 5.41 Å². The van der Waals surface area contributed by atoms with Crippen LogP contribution in [-0.4, -0.2) is 23.4 Å². The molecule has 0 atom stereocenters. The third-order valence-corrected chi connectivity index (χ3v) is 3.41. The van der Waals surface area contributed by atoms with Gasteiger partial charge in [0.05, 0.1) is 13.2 Å². The van der Waals surface area contributed by atoms with E-state index in [2.05, 4.69) is 22.9 Å². The molecule has 0 aliphatic carbocycles. The Morgan fingerprint density at radius 3 is 2.44 bits per heavy atom. The van der Waals surface area contributed by atoms with Gasteiger partial charge in [0.2, 0.25) is 0 Å². The first-order valence-corrected chi connectivity index (χ1v) is 6.41. The Balaban J connectivity index is 2.82. The maximum Gasteiger partial charge on any atom is 0.0512 e. The number of benzene rings is 1. The van der Waals surface area contributed by atoms with Gasteiger partial charge in [-0.2, -0.15) is 0 Å². The Morgan fingerprint density at radius 2 is 1.94 bits per heavy atom. The average Bonchev–Trinajstić information content (AvgIpc) is 2.28. The van der Waals surface area contributed by atoms with Crippen molar-refractivity contribution in [1.82, 2.24) is 0 Å². The fraction of sp³-hybridized carbons (Fsp3) is 0.538. The molecule has 0 aliphatic heterocycles.